The van der Waals surface area contributed by atoms with Gasteiger partial charge in [0.2, 0.25) is 0 Å². The normalized spacial score (nSPS) is 15.2. The summed E-state index contributed by atoms with van der Waals surface area (Å²) in [6.45, 7) is 4.90. The van der Waals surface area contributed by atoms with Crippen molar-refractivity contribution in [1.29, 1.82) is 0 Å². The van der Waals surface area contributed by atoms with Crippen LogP contribution in [0.25, 0.3) is 0 Å². The number of nitrogens with zero attached hydrogens (tertiary/aromatic N) is 1. The van der Waals surface area contributed by atoms with E-state index in [0.717, 1.165) is 17.3 Å². The van der Waals surface area contributed by atoms with Gasteiger partial charge in [-0.2, -0.15) is 0 Å². The molecular formula is C16H19BrN2O3. The lowest BCUT2D eigenvalue weighted by molar-refractivity contribution is 0.0874. The van der Waals surface area contributed by atoms with E-state index in [1.54, 1.807) is 23.1 Å². The molecule has 0 atom stereocenters. The highest BCUT2D eigenvalue weighted by Gasteiger charge is 2.24. The minimum atomic E-state index is -0.323. The molecule has 22 heavy (non-hydrogen) atoms. The Morgan fingerprint density at radius 3 is 2.77 bits per heavy atom. The molecule has 0 saturated carbocycles. The molecule has 1 aliphatic heterocycles. The number of nitrogens with one attached hydrogen (secondary N) is 1. The summed E-state index contributed by atoms with van der Waals surface area (Å²) in [6, 6.07) is 7.36. The van der Waals surface area contributed by atoms with Gasteiger partial charge in [0.1, 0.15) is 6.61 Å². The van der Waals surface area contributed by atoms with E-state index in [1.165, 1.54) is 0 Å². The van der Waals surface area contributed by atoms with Gasteiger partial charge in [-0.05, 0) is 31.0 Å². The molecule has 1 N–H and O–H groups in total. The Hall–Kier alpha value is -1.82. The van der Waals surface area contributed by atoms with Gasteiger partial charge < -0.3 is 15.0 Å². The van der Waals surface area contributed by atoms with Gasteiger partial charge in [-0.25, -0.2) is 4.79 Å². The van der Waals surface area contributed by atoms with E-state index in [2.05, 4.69) is 27.8 Å². The highest BCUT2D eigenvalue weighted by Crippen LogP contribution is 2.14. The number of hydrogen-bond donors (Lipinski definition) is 1. The standard InChI is InChI=1S/C16H19BrN2O3/c1-2-10-22-16(21)19-8-6-14(7-9-19)18-15(20)12-4-3-5-13(17)11-12/h2-5,11,14H,1,6-10H2,(H,18,20). The van der Waals surface area contributed by atoms with Crippen molar-refractivity contribution in [3.05, 3.63) is 47.0 Å². The Morgan fingerprint density at radius 2 is 2.14 bits per heavy atom. The van der Waals surface area contributed by atoms with Crippen LogP contribution in [0.3, 0.4) is 0 Å². The summed E-state index contributed by atoms with van der Waals surface area (Å²) in [5, 5.41) is 3.01. The second-order valence-corrected chi connectivity index (χ2v) is 6.03. The molecule has 1 fully saturated rings. The Bertz CT molecular complexity index is 554. The van der Waals surface area contributed by atoms with Crippen LogP contribution in [0.2, 0.25) is 0 Å². The maximum Gasteiger partial charge on any atom is 0.410 e. The maximum absolute atomic E-state index is 12.2. The van der Waals surface area contributed by atoms with E-state index in [-0.39, 0.29) is 24.6 Å². The fraction of sp³-hybridized carbons (Fsp3) is 0.375. The third-order valence-corrected chi connectivity index (χ3v) is 3.99. The van der Waals surface area contributed by atoms with E-state index in [1.807, 2.05) is 12.1 Å². The molecule has 1 aromatic carbocycles. The number of ether oxygens (including phenoxy) is 1. The lowest BCUT2D eigenvalue weighted by Gasteiger charge is -2.31. The molecular weight excluding hydrogens is 348 g/mol. The van der Waals surface area contributed by atoms with Gasteiger partial charge in [0.15, 0.2) is 0 Å². The molecule has 0 unspecified atom stereocenters. The van der Waals surface area contributed by atoms with Crippen molar-refractivity contribution in [3.63, 3.8) is 0 Å². The smallest absolute Gasteiger partial charge is 0.410 e. The van der Waals surface area contributed by atoms with Crippen LogP contribution in [0.1, 0.15) is 23.2 Å². The van der Waals surface area contributed by atoms with Crippen LogP contribution in [-0.2, 0) is 4.74 Å². The van der Waals surface area contributed by atoms with Gasteiger partial charge in [0, 0.05) is 29.2 Å². The third kappa shape index (κ3) is 4.59. The first-order valence-corrected chi connectivity index (χ1v) is 7.98. The van der Waals surface area contributed by atoms with Crippen molar-refractivity contribution in [2.45, 2.75) is 18.9 Å². The highest BCUT2D eigenvalue weighted by atomic mass is 79.9. The van der Waals surface area contributed by atoms with Gasteiger partial charge >= 0.3 is 6.09 Å². The predicted octanol–water partition coefficient (Wildman–Crippen LogP) is 2.97. The molecule has 118 valence electrons. The van der Waals surface area contributed by atoms with Gasteiger partial charge in [-0.1, -0.05) is 34.7 Å². The van der Waals surface area contributed by atoms with Crippen LogP contribution >= 0.6 is 15.9 Å². The maximum atomic E-state index is 12.2. The van der Waals surface area contributed by atoms with Crippen LogP contribution in [0.15, 0.2) is 41.4 Å². The van der Waals surface area contributed by atoms with Crippen molar-refractivity contribution in [1.82, 2.24) is 10.2 Å². The third-order valence-electron chi connectivity index (χ3n) is 3.50. The summed E-state index contributed by atoms with van der Waals surface area (Å²) in [5.74, 6) is -0.0889. The number of halogens is 1. The SMILES string of the molecule is C=CCOC(=O)N1CCC(NC(=O)c2cccc(Br)c2)CC1. The van der Waals surface area contributed by atoms with Gasteiger partial charge in [0.25, 0.3) is 5.91 Å². The van der Waals surface area contributed by atoms with Crippen LogP contribution in [0.4, 0.5) is 4.79 Å². The van der Waals surface area contributed by atoms with Crippen molar-refractivity contribution in [2.24, 2.45) is 0 Å². The Morgan fingerprint density at radius 1 is 1.41 bits per heavy atom. The molecule has 0 bridgehead atoms. The van der Waals surface area contributed by atoms with E-state index in [9.17, 15) is 9.59 Å². The second kappa shape index (κ2) is 7.98. The minimum Gasteiger partial charge on any atom is -0.445 e. The van der Waals surface area contributed by atoms with Gasteiger partial charge in [-0.3, -0.25) is 4.79 Å². The average Bonchev–Trinajstić information content (AvgIpc) is 2.53. The summed E-state index contributed by atoms with van der Waals surface area (Å²) in [4.78, 5) is 25.5. The van der Waals surface area contributed by atoms with Crippen LogP contribution < -0.4 is 5.32 Å². The molecule has 2 amide bonds. The second-order valence-electron chi connectivity index (χ2n) is 5.11. The first-order chi connectivity index (χ1) is 10.6. The molecule has 1 saturated heterocycles. The Balaban J connectivity index is 1.81. The molecule has 0 aromatic heterocycles. The zero-order chi connectivity index (χ0) is 15.9. The largest absolute Gasteiger partial charge is 0.445 e. The number of likely N-dealkylation sites (tertiary alicyclic amines) is 1. The molecule has 1 aromatic rings. The lowest BCUT2D eigenvalue weighted by atomic mass is 10.0. The molecule has 0 aliphatic carbocycles. The predicted molar refractivity (Wildman–Crippen MR) is 87.7 cm³/mol. The lowest BCUT2D eigenvalue weighted by Crippen LogP contribution is -2.46. The number of rotatable bonds is 4. The van der Waals surface area contributed by atoms with Crippen LogP contribution in [0, 0.1) is 0 Å². The van der Waals surface area contributed by atoms with Gasteiger partial charge in [-0.15, -0.1) is 0 Å². The molecule has 0 radical (unpaired) electrons. The Kier molecular flexibility index (Phi) is 6.00. The van der Waals surface area contributed by atoms with E-state index < -0.39 is 0 Å². The number of benzene rings is 1. The molecule has 1 heterocycles. The van der Waals surface area contributed by atoms with E-state index in [4.69, 9.17) is 4.74 Å². The first kappa shape index (κ1) is 16.5. The number of carbonyl (C=O) groups is 2. The topological polar surface area (TPSA) is 58.6 Å². The number of carbonyl (C=O) groups excluding carboxylic acids is 2. The summed E-state index contributed by atoms with van der Waals surface area (Å²) in [7, 11) is 0. The average molecular weight is 367 g/mol. The summed E-state index contributed by atoms with van der Waals surface area (Å²) < 4.78 is 5.88. The molecule has 1 aliphatic rings. The van der Waals surface area contributed by atoms with Crippen molar-refractivity contribution < 1.29 is 14.3 Å². The first-order valence-electron chi connectivity index (χ1n) is 7.19. The van der Waals surface area contributed by atoms with E-state index in [0.29, 0.717) is 18.7 Å². The summed E-state index contributed by atoms with van der Waals surface area (Å²) in [6.07, 6.45) is 2.67. The van der Waals surface area contributed by atoms with Crippen molar-refractivity contribution in [2.75, 3.05) is 19.7 Å². The Labute approximate surface area is 138 Å². The van der Waals surface area contributed by atoms with Gasteiger partial charge in [0.05, 0.1) is 0 Å². The number of piperidine rings is 1. The fourth-order valence-corrected chi connectivity index (χ4v) is 2.73. The molecule has 0 spiro atoms. The van der Waals surface area contributed by atoms with Crippen LogP contribution in [-0.4, -0.2) is 42.6 Å². The monoisotopic (exact) mass is 366 g/mol. The molecule has 5 nitrogen and oxygen atoms in total. The number of hydrogen-bond acceptors (Lipinski definition) is 3. The minimum absolute atomic E-state index is 0.0786. The zero-order valence-electron chi connectivity index (χ0n) is 12.3. The highest BCUT2D eigenvalue weighted by molar-refractivity contribution is 9.10. The van der Waals surface area contributed by atoms with Crippen LogP contribution in [0.5, 0.6) is 0 Å². The molecule has 6 heteroatoms. The number of amides is 2. The zero-order valence-corrected chi connectivity index (χ0v) is 13.8. The van der Waals surface area contributed by atoms with Crippen molar-refractivity contribution in [3.8, 4) is 0 Å². The molecule has 2 rings (SSSR count). The fourth-order valence-electron chi connectivity index (χ4n) is 2.33. The van der Waals surface area contributed by atoms with E-state index >= 15 is 0 Å². The quantitative estimate of drug-likeness (QED) is 0.833. The summed E-state index contributed by atoms with van der Waals surface area (Å²) in [5.41, 5.74) is 0.627. The summed E-state index contributed by atoms with van der Waals surface area (Å²) >= 11 is 3.35. The van der Waals surface area contributed by atoms with Crippen molar-refractivity contribution >= 4 is 27.9 Å².